The molecule has 0 aromatic carbocycles. The summed E-state index contributed by atoms with van der Waals surface area (Å²) in [7, 11) is 0. The van der Waals surface area contributed by atoms with Crippen LogP contribution in [0.4, 0.5) is 0 Å². The van der Waals surface area contributed by atoms with Crippen molar-refractivity contribution < 1.29 is 0 Å². The summed E-state index contributed by atoms with van der Waals surface area (Å²) in [6.07, 6.45) is 1.84. The highest BCUT2D eigenvalue weighted by atomic mass is 15.1. The smallest absolute Gasteiger partial charge is 0.0957 e. The Labute approximate surface area is 89.9 Å². The van der Waals surface area contributed by atoms with E-state index in [-0.39, 0.29) is 0 Å². The van der Waals surface area contributed by atoms with E-state index in [1.807, 2.05) is 12.3 Å². The fourth-order valence-corrected chi connectivity index (χ4v) is 1.87. The zero-order valence-corrected chi connectivity index (χ0v) is 9.70. The summed E-state index contributed by atoms with van der Waals surface area (Å²) < 4.78 is 0. The van der Waals surface area contributed by atoms with E-state index in [2.05, 4.69) is 42.9 Å². The average molecular weight is 203 g/mol. The summed E-state index contributed by atoms with van der Waals surface area (Å²) in [6, 6.07) is 1.96. The van der Waals surface area contributed by atoms with Gasteiger partial charge in [-0.2, -0.15) is 5.10 Å². The molecule has 0 aliphatic carbocycles. The van der Waals surface area contributed by atoms with Crippen molar-refractivity contribution in [3.63, 3.8) is 0 Å². The molecular formula is C12H17N3. The number of aromatic amines is 1. The second kappa shape index (κ2) is 3.65. The van der Waals surface area contributed by atoms with Gasteiger partial charge in [-0.3, -0.25) is 10.1 Å². The Hall–Kier alpha value is -1.38. The molecule has 0 bridgehead atoms. The molecule has 0 saturated carbocycles. The predicted molar refractivity (Wildman–Crippen MR) is 62.1 cm³/mol. The Morgan fingerprint density at radius 3 is 2.47 bits per heavy atom. The third kappa shape index (κ3) is 1.62. The van der Waals surface area contributed by atoms with Crippen molar-refractivity contribution in [1.29, 1.82) is 0 Å². The minimum atomic E-state index is 0.434. The van der Waals surface area contributed by atoms with Crippen LogP contribution in [0.3, 0.4) is 0 Å². The van der Waals surface area contributed by atoms with E-state index in [4.69, 9.17) is 0 Å². The number of hydrogen-bond acceptors (Lipinski definition) is 2. The van der Waals surface area contributed by atoms with Crippen molar-refractivity contribution in [2.24, 2.45) is 0 Å². The first kappa shape index (κ1) is 10.1. The monoisotopic (exact) mass is 203 g/mol. The number of nitrogens with zero attached hydrogens (tertiary/aromatic N) is 2. The molecule has 0 saturated heterocycles. The Balaban J connectivity index is 2.75. The number of H-pyrrole nitrogens is 1. The Kier molecular flexibility index (Phi) is 2.47. The fraction of sp³-hybridized carbons (Fsp3) is 0.500. The van der Waals surface area contributed by atoms with E-state index in [0.717, 1.165) is 11.2 Å². The van der Waals surface area contributed by atoms with Crippen LogP contribution in [0.1, 0.15) is 50.9 Å². The Morgan fingerprint density at radius 1 is 1.13 bits per heavy atom. The van der Waals surface area contributed by atoms with Crippen molar-refractivity contribution in [3.05, 3.63) is 23.7 Å². The molecule has 0 atom stereocenters. The average Bonchev–Trinajstić information content (AvgIpc) is 2.60. The topological polar surface area (TPSA) is 41.6 Å². The van der Waals surface area contributed by atoms with Gasteiger partial charge in [-0.25, -0.2) is 0 Å². The molecule has 2 aromatic rings. The first-order valence-corrected chi connectivity index (χ1v) is 5.44. The summed E-state index contributed by atoms with van der Waals surface area (Å²) in [5.74, 6) is 0.889. The minimum absolute atomic E-state index is 0.434. The lowest BCUT2D eigenvalue weighted by Crippen LogP contribution is -1.96. The van der Waals surface area contributed by atoms with Gasteiger partial charge in [0.15, 0.2) is 0 Å². The molecule has 2 heterocycles. The summed E-state index contributed by atoms with van der Waals surface area (Å²) in [6.45, 7) is 8.67. The van der Waals surface area contributed by atoms with Gasteiger partial charge in [-0.15, -0.1) is 0 Å². The van der Waals surface area contributed by atoms with Gasteiger partial charge in [0.05, 0.1) is 11.2 Å². The Morgan fingerprint density at radius 2 is 1.87 bits per heavy atom. The normalized spacial score (nSPS) is 11.9. The van der Waals surface area contributed by atoms with Gasteiger partial charge in [0, 0.05) is 17.3 Å². The van der Waals surface area contributed by atoms with Gasteiger partial charge >= 0.3 is 0 Å². The van der Waals surface area contributed by atoms with Gasteiger partial charge in [0.2, 0.25) is 0 Å². The Bertz CT molecular complexity index is 469. The van der Waals surface area contributed by atoms with E-state index >= 15 is 0 Å². The molecule has 1 N–H and O–H groups in total. The third-order valence-corrected chi connectivity index (χ3v) is 2.65. The fourth-order valence-electron chi connectivity index (χ4n) is 1.87. The predicted octanol–water partition coefficient (Wildman–Crippen LogP) is 3.20. The van der Waals surface area contributed by atoms with Gasteiger partial charge in [0.1, 0.15) is 0 Å². The number of fused-ring (bicyclic) bond motifs is 1. The van der Waals surface area contributed by atoms with Crippen LogP contribution >= 0.6 is 0 Å². The molecule has 0 fully saturated rings. The zero-order valence-electron chi connectivity index (χ0n) is 9.70. The van der Waals surface area contributed by atoms with E-state index < -0.39 is 0 Å². The van der Waals surface area contributed by atoms with Crippen LogP contribution in [0.25, 0.3) is 10.9 Å². The first-order chi connectivity index (χ1) is 7.11. The van der Waals surface area contributed by atoms with Crippen LogP contribution in [0, 0.1) is 0 Å². The van der Waals surface area contributed by atoms with E-state index in [1.165, 1.54) is 11.1 Å². The number of rotatable bonds is 2. The third-order valence-electron chi connectivity index (χ3n) is 2.65. The number of pyridine rings is 1. The van der Waals surface area contributed by atoms with Crippen LogP contribution in [-0.2, 0) is 0 Å². The maximum Gasteiger partial charge on any atom is 0.0957 e. The summed E-state index contributed by atoms with van der Waals surface area (Å²) in [5, 5.41) is 8.65. The van der Waals surface area contributed by atoms with Crippen molar-refractivity contribution in [2.45, 2.75) is 39.5 Å². The van der Waals surface area contributed by atoms with Crippen LogP contribution in [0.2, 0.25) is 0 Å². The van der Waals surface area contributed by atoms with Crippen molar-refractivity contribution in [3.8, 4) is 0 Å². The van der Waals surface area contributed by atoms with Gasteiger partial charge in [-0.1, -0.05) is 27.7 Å². The molecule has 0 aliphatic heterocycles. The second-order valence-electron chi connectivity index (χ2n) is 4.54. The molecule has 0 aliphatic rings. The summed E-state index contributed by atoms with van der Waals surface area (Å²) in [5.41, 5.74) is 3.36. The molecule has 0 radical (unpaired) electrons. The van der Waals surface area contributed by atoms with Crippen LogP contribution in [0.15, 0.2) is 12.3 Å². The molecule has 0 amide bonds. The van der Waals surface area contributed by atoms with Crippen LogP contribution in [-0.4, -0.2) is 15.2 Å². The van der Waals surface area contributed by atoms with Crippen molar-refractivity contribution >= 4 is 10.9 Å². The summed E-state index contributed by atoms with van der Waals surface area (Å²) >= 11 is 0. The molecule has 2 aromatic heterocycles. The standard InChI is InChI=1S/C12H17N3/c1-7(2)11-10-9(5-6-13-11)14-15-12(10)8(3)4/h5-8H,1-4H3,(H,14,15). The molecular weight excluding hydrogens is 186 g/mol. The largest absolute Gasteiger partial charge is 0.281 e. The van der Waals surface area contributed by atoms with E-state index in [1.54, 1.807) is 0 Å². The number of nitrogens with one attached hydrogen (secondary N) is 1. The highest BCUT2D eigenvalue weighted by molar-refractivity contribution is 5.84. The first-order valence-electron chi connectivity index (χ1n) is 5.44. The van der Waals surface area contributed by atoms with Crippen molar-refractivity contribution in [2.75, 3.05) is 0 Å². The molecule has 15 heavy (non-hydrogen) atoms. The lowest BCUT2D eigenvalue weighted by Gasteiger charge is -2.08. The maximum atomic E-state index is 4.46. The van der Waals surface area contributed by atoms with Gasteiger partial charge < -0.3 is 0 Å². The molecule has 80 valence electrons. The molecule has 0 spiro atoms. The maximum absolute atomic E-state index is 4.46. The quantitative estimate of drug-likeness (QED) is 0.814. The zero-order chi connectivity index (χ0) is 11.0. The molecule has 3 heteroatoms. The molecule has 0 unspecified atom stereocenters. The minimum Gasteiger partial charge on any atom is -0.281 e. The van der Waals surface area contributed by atoms with Crippen molar-refractivity contribution in [1.82, 2.24) is 15.2 Å². The van der Waals surface area contributed by atoms with Gasteiger partial charge in [-0.05, 0) is 17.9 Å². The van der Waals surface area contributed by atoms with Crippen LogP contribution < -0.4 is 0 Å². The highest BCUT2D eigenvalue weighted by Gasteiger charge is 2.15. The van der Waals surface area contributed by atoms with Crippen LogP contribution in [0.5, 0.6) is 0 Å². The summed E-state index contributed by atoms with van der Waals surface area (Å²) in [4.78, 5) is 4.46. The molecule has 3 nitrogen and oxygen atoms in total. The SMILES string of the molecule is CC(C)c1nccc2n[nH]c(C(C)C)c12. The highest BCUT2D eigenvalue weighted by Crippen LogP contribution is 2.28. The molecule has 2 rings (SSSR count). The number of aromatic nitrogens is 3. The lowest BCUT2D eigenvalue weighted by atomic mass is 10.00. The lowest BCUT2D eigenvalue weighted by molar-refractivity contribution is 0.804. The van der Waals surface area contributed by atoms with Gasteiger partial charge in [0.25, 0.3) is 0 Å². The van der Waals surface area contributed by atoms with E-state index in [0.29, 0.717) is 11.8 Å². The number of hydrogen-bond donors (Lipinski definition) is 1. The van der Waals surface area contributed by atoms with E-state index in [9.17, 15) is 0 Å². The second-order valence-corrected chi connectivity index (χ2v) is 4.54.